The molecule has 2 aromatic carbocycles. The third kappa shape index (κ3) is 6.53. The van der Waals surface area contributed by atoms with Gasteiger partial charge in [0.1, 0.15) is 0 Å². The van der Waals surface area contributed by atoms with E-state index in [0.29, 0.717) is 26.6 Å². The summed E-state index contributed by atoms with van der Waals surface area (Å²) in [5.41, 5.74) is 2.16. The second-order valence-electron chi connectivity index (χ2n) is 8.02. The molecule has 0 saturated carbocycles. The Bertz CT molecular complexity index is 1220. The Balaban J connectivity index is 1.67. The number of thioether (sulfide) groups is 1. The van der Waals surface area contributed by atoms with Crippen LogP contribution in [0.1, 0.15) is 41.6 Å². The second-order valence-corrected chi connectivity index (χ2v) is 10.6. The minimum absolute atomic E-state index is 0.0383. The Morgan fingerprint density at radius 1 is 1.12 bits per heavy atom. The third-order valence-corrected chi connectivity index (χ3v) is 7.70. The summed E-state index contributed by atoms with van der Waals surface area (Å²) in [6.45, 7) is 5.92. The molecule has 3 aromatic rings. The number of carbonyl (C=O) groups excluding carboxylic acids is 2. The van der Waals surface area contributed by atoms with E-state index in [9.17, 15) is 9.59 Å². The molecule has 3 rings (SSSR count). The first-order chi connectivity index (χ1) is 16.1. The van der Waals surface area contributed by atoms with Gasteiger partial charge in [-0.15, -0.1) is 10.2 Å². The summed E-state index contributed by atoms with van der Waals surface area (Å²) in [5.74, 6) is 0.359. The molecular weight excluding hydrogens is 561 g/mol. The van der Waals surface area contributed by atoms with Crippen molar-refractivity contribution in [1.82, 2.24) is 20.1 Å². The molecule has 0 unspecified atom stereocenters. The highest BCUT2D eigenvalue weighted by molar-refractivity contribution is 9.10. The molecule has 0 bridgehead atoms. The number of halogens is 3. The van der Waals surface area contributed by atoms with Gasteiger partial charge < -0.3 is 15.2 Å². The lowest BCUT2D eigenvalue weighted by molar-refractivity contribution is -0.113. The number of benzene rings is 2. The molecule has 11 heteroatoms. The first-order valence-corrected chi connectivity index (χ1v) is 12.9. The zero-order valence-corrected chi connectivity index (χ0v) is 22.9. The van der Waals surface area contributed by atoms with Gasteiger partial charge in [0.25, 0.3) is 5.91 Å². The fourth-order valence-electron chi connectivity index (χ4n) is 3.16. The molecule has 2 N–H and O–H groups in total. The van der Waals surface area contributed by atoms with Crippen molar-refractivity contribution in [2.24, 2.45) is 13.0 Å². The largest absolute Gasteiger partial charge is 0.342 e. The zero-order valence-electron chi connectivity index (χ0n) is 19.0. The minimum Gasteiger partial charge on any atom is -0.342 e. The van der Waals surface area contributed by atoms with Gasteiger partial charge in [0.05, 0.1) is 21.8 Å². The normalized spacial score (nSPS) is 12.0. The molecule has 1 atom stereocenters. The molecule has 0 fully saturated rings. The van der Waals surface area contributed by atoms with Gasteiger partial charge in [-0.05, 0) is 54.8 Å². The quantitative estimate of drug-likeness (QED) is 0.315. The van der Waals surface area contributed by atoms with Crippen molar-refractivity contribution in [1.29, 1.82) is 0 Å². The van der Waals surface area contributed by atoms with Gasteiger partial charge in [-0.3, -0.25) is 9.59 Å². The SMILES string of the molecule is Cc1cc(NC(=O)CSc2nnc([C@@H](NC(=O)c3ccc(Cl)c(Cl)c3)C(C)C)n2C)ccc1Br. The summed E-state index contributed by atoms with van der Waals surface area (Å²) in [6.07, 6.45) is 0. The number of aromatic nitrogens is 3. The Morgan fingerprint density at radius 3 is 2.50 bits per heavy atom. The maximum Gasteiger partial charge on any atom is 0.251 e. The number of nitrogens with one attached hydrogen (secondary N) is 2. The topological polar surface area (TPSA) is 88.9 Å². The van der Waals surface area contributed by atoms with E-state index in [4.69, 9.17) is 23.2 Å². The van der Waals surface area contributed by atoms with Crippen LogP contribution in [0.4, 0.5) is 5.69 Å². The van der Waals surface area contributed by atoms with E-state index in [-0.39, 0.29) is 23.5 Å². The molecule has 2 amide bonds. The number of nitrogens with zero attached hydrogens (tertiary/aromatic N) is 3. The lowest BCUT2D eigenvalue weighted by Gasteiger charge is -2.22. The summed E-state index contributed by atoms with van der Waals surface area (Å²) >= 11 is 16.7. The highest BCUT2D eigenvalue weighted by Crippen LogP contribution is 2.26. The average molecular weight is 585 g/mol. The van der Waals surface area contributed by atoms with Crippen LogP contribution < -0.4 is 10.6 Å². The van der Waals surface area contributed by atoms with Crippen molar-refractivity contribution in [3.63, 3.8) is 0 Å². The van der Waals surface area contributed by atoms with Crippen molar-refractivity contribution in [3.05, 3.63) is 67.9 Å². The first kappa shape index (κ1) is 26.5. The fourth-order valence-corrected chi connectivity index (χ4v) is 4.43. The number of rotatable bonds is 8. The van der Waals surface area contributed by atoms with Crippen molar-refractivity contribution < 1.29 is 9.59 Å². The molecule has 180 valence electrons. The predicted octanol–water partition coefficient (Wildman–Crippen LogP) is 6.05. The molecule has 1 aromatic heterocycles. The Hall–Kier alpha value is -2.07. The van der Waals surface area contributed by atoms with Crippen LogP contribution >= 0.6 is 50.9 Å². The van der Waals surface area contributed by atoms with Crippen LogP contribution in [-0.4, -0.2) is 32.3 Å². The fraction of sp³-hybridized carbons (Fsp3) is 0.304. The van der Waals surface area contributed by atoms with Gasteiger partial charge in [0.2, 0.25) is 5.91 Å². The van der Waals surface area contributed by atoms with Gasteiger partial charge >= 0.3 is 0 Å². The molecule has 0 aliphatic carbocycles. The van der Waals surface area contributed by atoms with Gasteiger partial charge in [-0.25, -0.2) is 0 Å². The standard InChI is InChI=1S/C23H24BrCl2N5O2S/c1-12(2)20(28-22(33)14-5-8-17(25)18(26)10-14)21-29-30-23(31(21)4)34-11-19(32)27-15-6-7-16(24)13(3)9-15/h5-10,12,20H,11H2,1-4H3,(H,27,32)(H,28,33)/t20-/m0/s1. The summed E-state index contributed by atoms with van der Waals surface area (Å²) in [7, 11) is 1.81. The van der Waals surface area contributed by atoms with E-state index in [1.54, 1.807) is 16.7 Å². The Kier molecular flexibility index (Phi) is 9.03. The lowest BCUT2D eigenvalue weighted by Crippen LogP contribution is -2.33. The molecule has 0 radical (unpaired) electrons. The maximum absolute atomic E-state index is 12.8. The van der Waals surface area contributed by atoms with Crippen molar-refractivity contribution in [2.45, 2.75) is 32.0 Å². The predicted molar refractivity (Wildman–Crippen MR) is 141 cm³/mol. The van der Waals surface area contributed by atoms with E-state index >= 15 is 0 Å². The Labute approximate surface area is 221 Å². The van der Waals surface area contributed by atoms with Crippen LogP contribution in [0, 0.1) is 12.8 Å². The van der Waals surface area contributed by atoms with Gasteiger partial charge in [-0.1, -0.05) is 64.7 Å². The number of carbonyl (C=O) groups is 2. The number of amides is 2. The average Bonchev–Trinajstić information content (AvgIpc) is 3.14. The van der Waals surface area contributed by atoms with Crippen LogP contribution in [0.5, 0.6) is 0 Å². The van der Waals surface area contributed by atoms with Crippen molar-refractivity contribution >= 4 is 68.4 Å². The monoisotopic (exact) mass is 583 g/mol. The van der Waals surface area contributed by atoms with Crippen LogP contribution in [0.3, 0.4) is 0 Å². The van der Waals surface area contributed by atoms with E-state index in [0.717, 1.165) is 15.7 Å². The maximum atomic E-state index is 12.8. The van der Waals surface area contributed by atoms with Gasteiger partial charge in [0.15, 0.2) is 11.0 Å². The summed E-state index contributed by atoms with van der Waals surface area (Å²) in [4.78, 5) is 25.2. The second kappa shape index (κ2) is 11.6. The number of hydrogen-bond acceptors (Lipinski definition) is 5. The highest BCUT2D eigenvalue weighted by Gasteiger charge is 2.25. The van der Waals surface area contributed by atoms with Gasteiger partial charge in [0, 0.05) is 22.8 Å². The smallest absolute Gasteiger partial charge is 0.251 e. The summed E-state index contributed by atoms with van der Waals surface area (Å²) in [6, 6.07) is 9.96. The van der Waals surface area contributed by atoms with E-state index < -0.39 is 6.04 Å². The molecule has 1 heterocycles. The zero-order chi connectivity index (χ0) is 25.0. The molecule has 34 heavy (non-hydrogen) atoms. The molecule has 0 saturated heterocycles. The van der Waals surface area contributed by atoms with E-state index in [2.05, 4.69) is 36.8 Å². The minimum atomic E-state index is -0.395. The van der Waals surface area contributed by atoms with E-state index in [1.165, 1.54) is 17.8 Å². The number of anilines is 1. The third-order valence-electron chi connectivity index (χ3n) is 5.06. The Morgan fingerprint density at radius 2 is 1.85 bits per heavy atom. The van der Waals surface area contributed by atoms with Crippen molar-refractivity contribution in [3.8, 4) is 0 Å². The van der Waals surface area contributed by atoms with Crippen LogP contribution in [-0.2, 0) is 11.8 Å². The first-order valence-electron chi connectivity index (χ1n) is 10.4. The van der Waals surface area contributed by atoms with Gasteiger partial charge in [-0.2, -0.15) is 0 Å². The molecule has 7 nitrogen and oxygen atoms in total. The number of hydrogen-bond donors (Lipinski definition) is 2. The molecule has 0 aliphatic rings. The lowest BCUT2D eigenvalue weighted by atomic mass is 10.0. The summed E-state index contributed by atoms with van der Waals surface area (Å²) < 4.78 is 2.78. The molecule has 0 aliphatic heterocycles. The summed E-state index contributed by atoms with van der Waals surface area (Å²) in [5, 5.41) is 15.7. The van der Waals surface area contributed by atoms with Crippen molar-refractivity contribution in [2.75, 3.05) is 11.1 Å². The van der Waals surface area contributed by atoms with E-state index in [1.807, 2.05) is 46.0 Å². The van der Waals surface area contributed by atoms with Crippen LogP contribution in [0.2, 0.25) is 10.0 Å². The number of aryl methyl sites for hydroxylation is 1. The van der Waals surface area contributed by atoms with Crippen LogP contribution in [0.25, 0.3) is 0 Å². The highest BCUT2D eigenvalue weighted by atomic mass is 79.9. The van der Waals surface area contributed by atoms with Crippen LogP contribution in [0.15, 0.2) is 46.0 Å². The molecular formula is C23H24BrCl2N5O2S. The molecule has 0 spiro atoms.